The third-order valence-electron chi connectivity index (χ3n) is 4.50. The first-order valence-electron chi connectivity index (χ1n) is 8.06. The second kappa shape index (κ2) is 7.83. The maximum Gasteiger partial charge on any atom is 0.238 e. The number of halogens is 2. The lowest BCUT2D eigenvalue weighted by molar-refractivity contribution is -0.116. The number of nitrogens with one attached hydrogen (secondary N) is 1. The number of carbonyl (C=O) groups excluding carboxylic acids is 1. The van der Waals surface area contributed by atoms with Crippen LogP contribution in [0.15, 0.2) is 41.0 Å². The van der Waals surface area contributed by atoms with Gasteiger partial charge in [-0.3, -0.25) is 14.7 Å². The standard InChI is InChI=1S/C18H18BrN3O2.ClH/c19-13-2-4-15-14(9-13)17(18(23)21-15)16-3-1-12(10-20-16)11-22-5-7-24-8-6-22;/h1-4,9-10,17H,5-8,11H2,(H,21,23);1H. The monoisotopic (exact) mass is 423 g/mol. The molecule has 132 valence electrons. The van der Waals surface area contributed by atoms with Crippen LogP contribution >= 0.6 is 28.3 Å². The molecule has 2 aliphatic rings. The molecule has 0 aliphatic carbocycles. The van der Waals surface area contributed by atoms with E-state index in [0.29, 0.717) is 0 Å². The number of hydrogen-bond donors (Lipinski definition) is 1. The van der Waals surface area contributed by atoms with Gasteiger partial charge in [0, 0.05) is 36.0 Å². The number of aromatic nitrogens is 1. The van der Waals surface area contributed by atoms with Gasteiger partial charge in [-0.25, -0.2) is 0 Å². The highest BCUT2D eigenvalue weighted by atomic mass is 79.9. The predicted octanol–water partition coefficient (Wildman–Crippen LogP) is 3.18. The molecule has 1 saturated heterocycles. The van der Waals surface area contributed by atoms with Gasteiger partial charge in [0.2, 0.25) is 5.91 Å². The maximum absolute atomic E-state index is 12.4. The summed E-state index contributed by atoms with van der Waals surface area (Å²) in [5.41, 5.74) is 3.79. The first-order chi connectivity index (χ1) is 11.7. The molecular weight excluding hydrogens is 406 g/mol. The molecule has 0 bridgehead atoms. The van der Waals surface area contributed by atoms with E-state index in [1.165, 1.54) is 0 Å². The molecule has 0 saturated carbocycles. The zero-order valence-corrected chi connectivity index (χ0v) is 16.0. The van der Waals surface area contributed by atoms with E-state index in [-0.39, 0.29) is 24.2 Å². The van der Waals surface area contributed by atoms with Crippen molar-refractivity contribution < 1.29 is 9.53 Å². The summed E-state index contributed by atoms with van der Waals surface area (Å²) in [7, 11) is 0. The molecule has 1 amide bonds. The van der Waals surface area contributed by atoms with Crippen LogP contribution in [-0.2, 0) is 16.1 Å². The SMILES string of the molecule is Cl.O=C1Nc2ccc(Br)cc2C1c1ccc(CN2CCOCC2)cn1. The van der Waals surface area contributed by atoms with Gasteiger partial charge in [-0.2, -0.15) is 0 Å². The van der Waals surface area contributed by atoms with Crippen molar-refractivity contribution in [2.24, 2.45) is 0 Å². The fraction of sp³-hybridized carbons (Fsp3) is 0.333. The van der Waals surface area contributed by atoms with E-state index in [1.54, 1.807) is 0 Å². The molecule has 5 nitrogen and oxygen atoms in total. The number of hydrogen-bond acceptors (Lipinski definition) is 4. The van der Waals surface area contributed by atoms with E-state index in [1.807, 2.05) is 30.5 Å². The summed E-state index contributed by atoms with van der Waals surface area (Å²) in [6.45, 7) is 4.36. The molecule has 1 unspecified atom stereocenters. The molecular formula is C18H19BrClN3O2. The lowest BCUT2D eigenvalue weighted by Crippen LogP contribution is -2.35. The highest BCUT2D eigenvalue weighted by Gasteiger charge is 2.33. The largest absolute Gasteiger partial charge is 0.379 e. The van der Waals surface area contributed by atoms with Crippen LogP contribution < -0.4 is 5.32 Å². The minimum atomic E-state index is -0.338. The molecule has 4 rings (SSSR count). The number of pyridine rings is 1. The Hall–Kier alpha value is -1.47. The van der Waals surface area contributed by atoms with Gasteiger partial charge in [0.15, 0.2) is 0 Å². The lowest BCUT2D eigenvalue weighted by atomic mass is 9.96. The summed E-state index contributed by atoms with van der Waals surface area (Å²) in [6, 6.07) is 9.88. The van der Waals surface area contributed by atoms with Gasteiger partial charge >= 0.3 is 0 Å². The van der Waals surface area contributed by atoms with E-state index >= 15 is 0 Å². The highest BCUT2D eigenvalue weighted by Crippen LogP contribution is 2.37. The Labute approximate surface area is 161 Å². The molecule has 1 atom stereocenters. The van der Waals surface area contributed by atoms with Crippen molar-refractivity contribution in [3.05, 3.63) is 57.8 Å². The number of morpholine rings is 1. The van der Waals surface area contributed by atoms with Gasteiger partial charge in [-0.05, 0) is 35.4 Å². The summed E-state index contributed by atoms with van der Waals surface area (Å²) in [5.74, 6) is -0.355. The Morgan fingerprint density at radius 2 is 2.04 bits per heavy atom. The third kappa shape index (κ3) is 3.87. The summed E-state index contributed by atoms with van der Waals surface area (Å²) in [4.78, 5) is 19.3. The van der Waals surface area contributed by atoms with Crippen LogP contribution in [0.5, 0.6) is 0 Å². The second-order valence-corrected chi connectivity index (χ2v) is 7.05. The minimum absolute atomic E-state index is 0. The molecule has 25 heavy (non-hydrogen) atoms. The van der Waals surface area contributed by atoms with Crippen LogP contribution in [0.25, 0.3) is 0 Å². The summed E-state index contributed by atoms with van der Waals surface area (Å²) in [5, 5.41) is 2.93. The zero-order chi connectivity index (χ0) is 16.5. The Kier molecular flexibility index (Phi) is 5.74. The smallest absolute Gasteiger partial charge is 0.238 e. The van der Waals surface area contributed by atoms with Crippen LogP contribution in [0.3, 0.4) is 0 Å². The molecule has 2 aromatic rings. The number of rotatable bonds is 3. The van der Waals surface area contributed by atoms with E-state index in [9.17, 15) is 4.79 Å². The summed E-state index contributed by atoms with van der Waals surface area (Å²) in [6.07, 6.45) is 1.88. The van der Waals surface area contributed by atoms with E-state index in [0.717, 1.165) is 59.8 Å². The molecule has 3 heterocycles. The minimum Gasteiger partial charge on any atom is -0.379 e. The number of anilines is 1. The third-order valence-corrected chi connectivity index (χ3v) is 4.99. The van der Waals surface area contributed by atoms with Crippen molar-refractivity contribution >= 4 is 39.9 Å². The topological polar surface area (TPSA) is 54.5 Å². The van der Waals surface area contributed by atoms with Crippen LogP contribution in [0.2, 0.25) is 0 Å². The van der Waals surface area contributed by atoms with Gasteiger partial charge in [-0.15, -0.1) is 12.4 Å². The number of fused-ring (bicyclic) bond motifs is 1. The van der Waals surface area contributed by atoms with E-state index < -0.39 is 0 Å². The number of ether oxygens (including phenoxy) is 1. The van der Waals surface area contributed by atoms with Crippen LogP contribution in [-0.4, -0.2) is 42.1 Å². The molecule has 2 aliphatic heterocycles. The molecule has 7 heteroatoms. The van der Waals surface area contributed by atoms with Crippen molar-refractivity contribution in [3.8, 4) is 0 Å². The lowest BCUT2D eigenvalue weighted by Gasteiger charge is -2.26. The highest BCUT2D eigenvalue weighted by molar-refractivity contribution is 9.10. The second-order valence-electron chi connectivity index (χ2n) is 6.13. The van der Waals surface area contributed by atoms with Crippen molar-refractivity contribution in [1.29, 1.82) is 0 Å². The maximum atomic E-state index is 12.4. The molecule has 1 N–H and O–H groups in total. The summed E-state index contributed by atoms with van der Waals surface area (Å²) < 4.78 is 6.34. The normalized spacial score (nSPS) is 19.9. The van der Waals surface area contributed by atoms with Crippen LogP contribution in [0.1, 0.15) is 22.7 Å². The van der Waals surface area contributed by atoms with Crippen LogP contribution in [0, 0.1) is 0 Å². The van der Waals surface area contributed by atoms with E-state index in [4.69, 9.17) is 4.74 Å². The Morgan fingerprint density at radius 1 is 1.24 bits per heavy atom. The molecule has 0 radical (unpaired) electrons. The van der Waals surface area contributed by atoms with Gasteiger partial charge < -0.3 is 10.1 Å². The fourth-order valence-electron chi connectivity index (χ4n) is 3.24. The number of nitrogens with zero attached hydrogens (tertiary/aromatic N) is 2. The number of amides is 1. The Bertz CT molecular complexity index is 763. The number of carbonyl (C=O) groups is 1. The van der Waals surface area contributed by atoms with E-state index in [2.05, 4.69) is 37.2 Å². The average molecular weight is 425 g/mol. The molecule has 0 spiro atoms. The van der Waals surface area contributed by atoms with Crippen molar-refractivity contribution in [1.82, 2.24) is 9.88 Å². The molecule has 1 aromatic carbocycles. The van der Waals surface area contributed by atoms with Gasteiger partial charge in [0.25, 0.3) is 0 Å². The molecule has 1 aromatic heterocycles. The predicted molar refractivity (Wildman–Crippen MR) is 102 cm³/mol. The molecule has 1 fully saturated rings. The first-order valence-corrected chi connectivity index (χ1v) is 8.85. The van der Waals surface area contributed by atoms with Crippen molar-refractivity contribution in [2.75, 3.05) is 31.6 Å². The fourth-order valence-corrected chi connectivity index (χ4v) is 3.62. The van der Waals surface area contributed by atoms with Crippen LogP contribution in [0.4, 0.5) is 5.69 Å². The van der Waals surface area contributed by atoms with Gasteiger partial charge in [-0.1, -0.05) is 22.0 Å². The van der Waals surface area contributed by atoms with Gasteiger partial charge in [0.05, 0.1) is 18.9 Å². The number of benzene rings is 1. The van der Waals surface area contributed by atoms with Gasteiger partial charge in [0.1, 0.15) is 5.92 Å². The quantitative estimate of drug-likeness (QED) is 0.822. The Morgan fingerprint density at radius 3 is 2.76 bits per heavy atom. The van der Waals surface area contributed by atoms with Crippen molar-refractivity contribution in [2.45, 2.75) is 12.5 Å². The average Bonchev–Trinajstić information content (AvgIpc) is 2.92. The van der Waals surface area contributed by atoms with Crippen molar-refractivity contribution in [3.63, 3.8) is 0 Å². The summed E-state index contributed by atoms with van der Waals surface area (Å²) >= 11 is 3.48. The zero-order valence-electron chi connectivity index (χ0n) is 13.6. The Balaban J connectivity index is 0.00000182. The first kappa shape index (κ1) is 18.3.